The van der Waals surface area contributed by atoms with Gasteiger partial charge in [0.25, 0.3) is 17.4 Å². The highest BCUT2D eigenvalue weighted by Crippen LogP contribution is 2.41. The Balaban J connectivity index is 0.809. The normalized spacial score (nSPS) is 16.3. The van der Waals surface area contributed by atoms with Crippen LogP contribution in [0.1, 0.15) is 77.9 Å². The molecule has 3 aromatic carbocycles. The van der Waals surface area contributed by atoms with Crippen LogP contribution in [0.3, 0.4) is 0 Å². The van der Waals surface area contributed by atoms with Crippen molar-refractivity contribution >= 4 is 84.9 Å². The quantitative estimate of drug-likeness (QED) is 0.0398. The van der Waals surface area contributed by atoms with E-state index < -0.39 is 47.1 Å². The number of nitrogens with zero attached hydrogens (tertiary/aromatic N) is 3. The molecule has 0 bridgehead atoms. The van der Waals surface area contributed by atoms with Crippen molar-refractivity contribution in [2.45, 2.75) is 64.9 Å². The van der Waals surface area contributed by atoms with Crippen LogP contribution >= 0.6 is 21.6 Å². The summed E-state index contributed by atoms with van der Waals surface area (Å²) in [4.78, 5) is 98.0. The zero-order valence-corrected chi connectivity index (χ0v) is 36.5. The number of carbonyl (C=O) groups is 6. The van der Waals surface area contributed by atoms with Crippen molar-refractivity contribution in [3.8, 4) is 11.4 Å². The number of pyridine rings is 2. The van der Waals surface area contributed by atoms with E-state index in [1.165, 1.54) is 27.7 Å². The van der Waals surface area contributed by atoms with Gasteiger partial charge in [-0.05, 0) is 63.6 Å². The van der Waals surface area contributed by atoms with Gasteiger partial charge in [-0.1, -0.05) is 58.8 Å². The van der Waals surface area contributed by atoms with E-state index in [-0.39, 0.29) is 61.4 Å². The first-order valence-corrected chi connectivity index (χ1v) is 22.8. The second kappa shape index (κ2) is 17.4. The molecule has 5 aromatic rings. The number of hydrogen-bond acceptors (Lipinski definition) is 14. The number of nitrogens with one attached hydrogen (secondary N) is 2. The molecule has 8 rings (SSSR count). The fourth-order valence-corrected chi connectivity index (χ4v) is 9.69. The van der Waals surface area contributed by atoms with Crippen molar-refractivity contribution in [3.63, 3.8) is 0 Å². The summed E-state index contributed by atoms with van der Waals surface area (Å²) in [5, 5.41) is 7.20. The molecule has 1 atom stereocenters. The Hall–Kier alpha value is -6.40. The lowest BCUT2D eigenvalue weighted by Crippen LogP contribution is -2.49. The van der Waals surface area contributed by atoms with Crippen LogP contribution in [0, 0.1) is 0 Å². The molecule has 3 aliphatic rings. The first kappa shape index (κ1) is 43.3. The Bertz CT molecular complexity index is 2780. The van der Waals surface area contributed by atoms with Gasteiger partial charge in [-0.2, -0.15) is 0 Å². The molecule has 2 aromatic heterocycles. The highest BCUT2D eigenvalue weighted by atomic mass is 33.1. The SMILES string of the molecule is CC[C@@]1(OC(=O)NCCSSCCOC(=O)Nc2ccc3c4c(cccc24)C(=O)N(CCC(=O)OC(C)(C)C)C3=O)C(=O)OCc2c1cc1n(c2=O)Cc2cc3ccccc3nc2-1. The number of ether oxygens (including phenoxy) is 4. The van der Waals surface area contributed by atoms with Gasteiger partial charge in [0.15, 0.2) is 0 Å². The molecule has 63 heavy (non-hydrogen) atoms. The molecule has 0 radical (unpaired) electrons. The van der Waals surface area contributed by atoms with Gasteiger partial charge in [0.1, 0.15) is 18.8 Å². The van der Waals surface area contributed by atoms with Gasteiger partial charge < -0.3 is 28.8 Å². The highest BCUT2D eigenvalue weighted by molar-refractivity contribution is 8.76. The van der Waals surface area contributed by atoms with Crippen LogP contribution in [-0.4, -0.2) is 87.2 Å². The largest absolute Gasteiger partial charge is 0.460 e. The molecule has 5 heterocycles. The van der Waals surface area contributed by atoms with Gasteiger partial charge in [0, 0.05) is 63.0 Å². The van der Waals surface area contributed by atoms with Crippen LogP contribution in [0.25, 0.3) is 33.1 Å². The molecule has 18 heteroatoms. The van der Waals surface area contributed by atoms with E-state index in [0.717, 1.165) is 21.4 Å². The molecule has 2 N–H and O–H groups in total. The van der Waals surface area contributed by atoms with Crippen molar-refractivity contribution in [1.82, 2.24) is 19.8 Å². The maximum absolute atomic E-state index is 13.8. The van der Waals surface area contributed by atoms with Gasteiger partial charge in [-0.3, -0.25) is 29.4 Å². The molecule has 3 aliphatic heterocycles. The van der Waals surface area contributed by atoms with Gasteiger partial charge >= 0.3 is 24.1 Å². The monoisotopic (exact) mass is 893 g/mol. The summed E-state index contributed by atoms with van der Waals surface area (Å²) in [6.07, 6.45) is -1.69. The fourth-order valence-electron chi connectivity index (χ4n) is 7.96. The second-order valence-corrected chi connectivity index (χ2v) is 18.7. The number of alkyl carbamates (subject to hydrolysis) is 1. The van der Waals surface area contributed by atoms with Crippen LogP contribution in [0.15, 0.2) is 71.5 Å². The minimum absolute atomic E-state index is 0.0325. The summed E-state index contributed by atoms with van der Waals surface area (Å²) >= 11 is 0. The Morgan fingerprint density at radius 2 is 1.68 bits per heavy atom. The average Bonchev–Trinajstić information content (AvgIpc) is 3.61. The van der Waals surface area contributed by atoms with E-state index in [2.05, 4.69) is 10.6 Å². The topological polar surface area (TPSA) is 202 Å². The molecule has 16 nitrogen and oxygen atoms in total. The highest BCUT2D eigenvalue weighted by Gasteiger charge is 2.50. The number of carbonyl (C=O) groups excluding carboxylic acids is 6. The number of rotatable bonds is 13. The van der Waals surface area contributed by atoms with E-state index in [1.54, 1.807) is 62.6 Å². The summed E-state index contributed by atoms with van der Waals surface area (Å²) in [5.74, 6) is -1.51. The fraction of sp³-hybridized carbons (Fsp3) is 0.333. The number of aromatic nitrogens is 2. The van der Waals surface area contributed by atoms with Crippen LogP contribution in [0.2, 0.25) is 0 Å². The van der Waals surface area contributed by atoms with Crippen molar-refractivity contribution in [2.24, 2.45) is 0 Å². The third kappa shape index (κ3) is 8.44. The summed E-state index contributed by atoms with van der Waals surface area (Å²) in [5.41, 5.74) is 1.38. The third-order valence-corrected chi connectivity index (χ3v) is 13.1. The minimum Gasteiger partial charge on any atom is -0.460 e. The predicted molar refractivity (Wildman–Crippen MR) is 236 cm³/mol. The smallest absolute Gasteiger partial charge is 0.411 e. The molecular weight excluding hydrogens is 851 g/mol. The molecule has 4 amide bonds. The molecule has 0 fully saturated rings. The van der Waals surface area contributed by atoms with Crippen LogP contribution in [0.5, 0.6) is 0 Å². The Morgan fingerprint density at radius 3 is 2.46 bits per heavy atom. The van der Waals surface area contributed by atoms with E-state index >= 15 is 0 Å². The first-order valence-electron chi connectivity index (χ1n) is 20.3. The van der Waals surface area contributed by atoms with Gasteiger partial charge in [0.2, 0.25) is 5.60 Å². The standard InChI is InChI=1S/C45H43N5O11S2/c1-5-45(31-22-34-37-26(21-25-9-6-7-12-32(25)47-37)23-50(34)40(54)30(31)24-59-41(45)55)61-42(56)46-16-19-62-63-20-18-58-43(57)48-33-14-13-29-36-27(33)10-8-11-28(36)38(52)49(39(29)53)17-15-35(51)60-44(2,3)4/h6-14,21-22H,5,15-20,23-24H2,1-4H3,(H,46,56)(H,48,57)/t45-/m0/s1. The summed E-state index contributed by atoms with van der Waals surface area (Å²) in [6.45, 7) is 7.09. The summed E-state index contributed by atoms with van der Waals surface area (Å²) < 4.78 is 23.6. The number of esters is 2. The van der Waals surface area contributed by atoms with Gasteiger partial charge in [-0.25, -0.2) is 19.4 Å². The van der Waals surface area contributed by atoms with E-state index in [1.807, 2.05) is 30.3 Å². The van der Waals surface area contributed by atoms with E-state index in [0.29, 0.717) is 51.5 Å². The number of fused-ring (bicyclic) bond motifs is 5. The second-order valence-electron chi connectivity index (χ2n) is 16.0. The van der Waals surface area contributed by atoms with E-state index in [9.17, 15) is 33.6 Å². The predicted octanol–water partition coefficient (Wildman–Crippen LogP) is 6.92. The molecule has 0 spiro atoms. The Morgan fingerprint density at radius 1 is 0.921 bits per heavy atom. The van der Waals surface area contributed by atoms with Crippen molar-refractivity contribution in [3.05, 3.63) is 105 Å². The number of amides is 4. The number of benzene rings is 3. The van der Waals surface area contributed by atoms with Crippen LogP contribution in [0.4, 0.5) is 15.3 Å². The molecule has 0 unspecified atom stereocenters. The first-order chi connectivity index (χ1) is 30.2. The minimum atomic E-state index is -1.83. The van der Waals surface area contributed by atoms with Crippen LogP contribution < -0.4 is 16.2 Å². The lowest BCUT2D eigenvalue weighted by Gasteiger charge is -2.35. The maximum Gasteiger partial charge on any atom is 0.411 e. The lowest BCUT2D eigenvalue weighted by molar-refractivity contribution is -0.172. The molecule has 0 saturated heterocycles. The molecule has 0 saturated carbocycles. The number of cyclic esters (lactones) is 1. The lowest BCUT2D eigenvalue weighted by atomic mass is 9.85. The zero-order chi connectivity index (χ0) is 44.6. The number of anilines is 1. The maximum atomic E-state index is 13.8. The zero-order valence-electron chi connectivity index (χ0n) is 34.9. The number of hydrogen-bond donors (Lipinski definition) is 2. The summed E-state index contributed by atoms with van der Waals surface area (Å²) in [7, 11) is 2.83. The Labute approximate surface area is 368 Å². The van der Waals surface area contributed by atoms with Gasteiger partial charge in [-0.15, -0.1) is 0 Å². The molecule has 326 valence electrons. The molecule has 0 aliphatic carbocycles. The average molecular weight is 894 g/mol. The van der Waals surface area contributed by atoms with E-state index in [4.69, 9.17) is 23.9 Å². The van der Waals surface area contributed by atoms with Gasteiger partial charge in [0.05, 0.1) is 41.1 Å². The molecular formula is C45H43N5O11S2. The van der Waals surface area contributed by atoms with Crippen LogP contribution in [-0.2, 0) is 47.3 Å². The Kier molecular flexibility index (Phi) is 11.9. The third-order valence-electron chi connectivity index (χ3n) is 10.8. The summed E-state index contributed by atoms with van der Waals surface area (Å²) in [6, 6.07) is 19.4. The number of para-hydroxylation sites is 1. The van der Waals surface area contributed by atoms with Crippen molar-refractivity contribution < 1.29 is 47.7 Å². The van der Waals surface area contributed by atoms with Crippen molar-refractivity contribution in [2.75, 3.05) is 36.5 Å². The van der Waals surface area contributed by atoms with Crippen molar-refractivity contribution in [1.29, 1.82) is 0 Å². The number of imide groups is 1.